The van der Waals surface area contributed by atoms with Crippen LogP contribution in [0.15, 0.2) is 52.3 Å². The van der Waals surface area contributed by atoms with E-state index in [-0.39, 0.29) is 21.8 Å². The molecule has 4 rings (SSSR count). The maximum atomic E-state index is 13.0. The highest BCUT2D eigenvalue weighted by atomic mass is 32.2. The van der Waals surface area contributed by atoms with Crippen molar-refractivity contribution in [2.45, 2.75) is 31.6 Å². The summed E-state index contributed by atoms with van der Waals surface area (Å²) in [5.74, 6) is -0.322. The van der Waals surface area contributed by atoms with Crippen molar-refractivity contribution in [1.29, 1.82) is 0 Å². The summed E-state index contributed by atoms with van der Waals surface area (Å²) in [4.78, 5) is 30.2. The first-order chi connectivity index (χ1) is 14.2. The third-order valence-corrected chi connectivity index (χ3v) is 6.64. The van der Waals surface area contributed by atoms with Gasteiger partial charge in [-0.1, -0.05) is 6.07 Å². The van der Waals surface area contributed by atoms with E-state index >= 15 is 0 Å². The molecule has 0 unspecified atom stereocenters. The van der Waals surface area contributed by atoms with Crippen molar-refractivity contribution in [2.75, 3.05) is 17.8 Å². The number of amides is 1. The number of pyridine rings is 1. The van der Waals surface area contributed by atoms with Crippen molar-refractivity contribution in [3.05, 3.63) is 69.5 Å². The van der Waals surface area contributed by atoms with Crippen LogP contribution in [-0.4, -0.2) is 37.3 Å². The van der Waals surface area contributed by atoms with Gasteiger partial charge in [-0.25, -0.2) is 8.42 Å². The Balaban J connectivity index is 1.73. The first-order valence-electron chi connectivity index (χ1n) is 9.80. The number of carbonyl (C=O) groups excluding carboxylic acids is 1. The van der Waals surface area contributed by atoms with Crippen LogP contribution in [0, 0.1) is 13.8 Å². The average Bonchev–Trinajstić information content (AvgIpc) is 3.21. The number of aromatic amines is 1. The molecule has 156 valence electrons. The Morgan fingerprint density at radius 1 is 1.03 bits per heavy atom. The minimum absolute atomic E-state index is 0.0289. The highest BCUT2D eigenvalue weighted by Crippen LogP contribution is 2.21. The molecule has 1 saturated heterocycles. The largest absolute Gasteiger partial charge is 0.360 e. The standard InChI is InChI=1S/C22H23N3O4S/c1-14-9-15(2)11-16(10-14)24-30(28,29)17-5-6-20-18(12-17)21(26)19(13-23-20)22(27)25-7-3-4-8-25/h5-6,9-13,24H,3-4,7-8H2,1-2H3,(H,23,26). The molecular weight excluding hydrogens is 402 g/mol. The van der Waals surface area contributed by atoms with Gasteiger partial charge in [0.15, 0.2) is 0 Å². The zero-order chi connectivity index (χ0) is 21.5. The van der Waals surface area contributed by atoms with Crippen LogP contribution in [0.2, 0.25) is 0 Å². The van der Waals surface area contributed by atoms with Crippen LogP contribution in [0.5, 0.6) is 0 Å². The van der Waals surface area contributed by atoms with E-state index in [9.17, 15) is 18.0 Å². The number of carbonyl (C=O) groups is 1. The van der Waals surface area contributed by atoms with Gasteiger partial charge in [0.05, 0.1) is 4.90 Å². The highest BCUT2D eigenvalue weighted by molar-refractivity contribution is 7.92. The van der Waals surface area contributed by atoms with Crippen molar-refractivity contribution in [3.8, 4) is 0 Å². The zero-order valence-corrected chi connectivity index (χ0v) is 17.7. The minimum Gasteiger partial charge on any atom is -0.360 e. The second kappa shape index (κ2) is 7.60. The summed E-state index contributed by atoms with van der Waals surface area (Å²) < 4.78 is 28.4. The number of anilines is 1. The summed E-state index contributed by atoms with van der Waals surface area (Å²) in [5.41, 5.74) is 2.37. The fourth-order valence-electron chi connectivity index (χ4n) is 3.86. The predicted octanol–water partition coefficient (Wildman–Crippen LogP) is 3.18. The lowest BCUT2D eigenvalue weighted by atomic mass is 10.1. The number of likely N-dealkylation sites (tertiary alicyclic amines) is 1. The third-order valence-electron chi connectivity index (χ3n) is 5.26. The molecule has 0 saturated carbocycles. The molecule has 1 fully saturated rings. The van der Waals surface area contributed by atoms with Gasteiger partial charge < -0.3 is 9.88 Å². The van der Waals surface area contributed by atoms with E-state index in [0.717, 1.165) is 24.0 Å². The van der Waals surface area contributed by atoms with E-state index < -0.39 is 15.5 Å². The van der Waals surface area contributed by atoms with Crippen LogP contribution in [-0.2, 0) is 10.0 Å². The fraction of sp³-hybridized carbons (Fsp3) is 0.273. The minimum atomic E-state index is -3.90. The molecule has 30 heavy (non-hydrogen) atoms. The van der Waals surface area contributed by atoms with Crippen LogP contribution in [0.25, 0.3) is 10.9 Å². The Morgan fingerprint density at radius 3 is 2.37 bits per heavy atom. The molecule has 8 heteroatoms. The van der Waals surface area contributed by atoms with E-state index in [1.54, 1.807) is 17.0 Å². The highest BCUT2D eigenvalue weighted by Gasteiger charge is 2.23. The summed E-state index contributed by atoms with van der Waals surface area (Å²) in [7, 11) is -3.90. The Hall–Kier alpha value is -3.13. The molecule has 3 aromatic rings. The molecule has 2 heterocycles. The van der Waals surface area contributed by atoms with Gasteiger partial charge in [-0.15, -0.1) is 0 Å². The second-order valence-electron chi connectivity index (χ2n) is 7.72. The first kappa shape index (κ1) is 20.2. The van der Waals surface area contributed by atoms with Crippen molar-refractivity contribution in [1.82, 2.24) is 9.88 Å². The number of hydrogen-bond acceptors (Lipinski definition) is 4. The normalized spacial score (nSPS) is 14.3. The summed E-state index contributed by atoms with van der Waals surface area (Å²) in [5, 5.41) is 0.170. The number of H-pyrrole nitrogens is 1. The van der Waals surface area contributed by atoms with Crippen molar-refractivity contribution >= 4 is 32.5 Å². The summed E-state index contributed by atoms with van der Waals surface area (Å²) >= 11 is 0. The fourth-order valence-corrected chi connectivity index (χ4v) is 4.93. The Bertz CT molecular complexity index is 1290. The number of sulfonamides is 1. The summed E-state index contributed by atoms with van der Waals surface area (Å²) in [6.07, 6.45) is 3.25. The number of fused-ring (bicyclic) bond motifs is 1. The zero-order valence-electron chi connectivity index (χ0n) is 16.9. The van der Waals surface area contributed by atoms with Gasteiger partial charge in [0.25, 0.3) is 15.9 Å². The molecule has 1 aliphatic rings. The van der Waals surface area contributed by atoms with Crippen LogP contribution in [0.4, 0.5) is 5.69 Å². The lowest BCUT2D eigenvalue weighted by Crippen LogP contribution is -2.32. The van der Waals surface area contributed by atoms with Crippen molar-refractivity contribution in [3.63, 3.8) is 0 Å². The smallest absolute Gasteiger partial charge is 0.261 e. The van der Waals surface area contributed by atoms with Crippen LogP contribution in [0.3, 0.4) is 0 Å². The van der Waals surface area contributed by atoms with E-state index in [2.05, 4.69) is 9.71 Å². The molecule has 0 aliphatic carbocycles. The maximum absolute atomic E-state index is 13.0. The molecule has 1 aromatic heterocycles. The molecule has 0 spiro atoms. The second-order valence-corrected chi connectivity index (χ2v) is 9.40. The summed E-state index contributed by atoms with van der Waals surface area (Å²) in [6.45, 7) is 5.04. The molecule has 0 bridgehead atoms. The van der Waals surface area contributed by atoms with Gasteiger partial charge in [0.2, 0.25) is 5.43 Å². The molecule has 7 nitrogen and oxygen atoms in total. The van der Waals surface area contributed by atoms with E-state index in [0.29, 0.717) is 24.3 Å². The van der Waals surface area contributed by atoms with Crippen LogP contribution < -0.4 is 10.2 Å². The van der Waals surface area contributed by atoms with Gasteiger partial charge in [0, 0.05) is 35.9 Å². The number of aryl methyl sites for hydroxylation is 2. The SMILES string of the molecule is Cc1cc(C)cc(NS(=O)(=O)c2ccc3[nH]cc(C(=O)N4CCCC4)c(=O)c3c2)c1. The molecule has 1 aliphatic heterocycles. The topological polar surface area (TPSA) is 99.3 Å². The average molecular weight is 426 g/mol. The van der Waals surface area contributed by atoms with Crippen molar-refractivity contribution < 1.29 is 13.2 Å². The van der Waals surface area contributed by atoms with Gasteiger partial charge in [0.1, 0.15) is 5.56 Å². The summed E-state index contributed by atoms with van der Waals surface area (Å²) in [6, 6.07) is 9.73. The van der Waals surface area contributed by atoms with Gasteiger partial charge >= 0.3 is 0 Å². The predicted molar refractivity (Wildman–Crippen MR) is 116 cm³/mol. The Morgan fingerprint density at radius 2 is 1.70 bits per heavy atom. The number of aromatic nitrogens is 1. The molecule has 2 aromatic carbocycles. The van der Waals surface area contributed by atoms with E-state index in [4.69, 9.17) is 0 Å². The first-order valence-corrected chi connectivity index (χ1v) is 11.3. The number of rotatable bonds is 4. The lowest BCUT2D eigenvalue weighted by molar-refractivity contribution is 0.0791. The lowest BCUT2D eigenvalue weighted by Gasteiger charge is -2.15. The van der Waals surface area contributed by atoms with E-state index in [1.165, 1.54) is 24.4 Å². The molecular formula is C22H23N3O4S. The monoisotopic (exact) mass is 425 g/mol. The van der Waals surface area contributed by atoms with Crippen LogP contribution >= 0.6 is 0 Å². The van der Waals surface area contributed by atoms with Gasteiger partial charge in [-0.2, -0.15) is 0 Å². The number of benzene rings is 2. The van der Waals surface area contributed by atoms with Crippen LogP contribution in [0.1, 0.15) is 34.3 Å². The molecule has 0 atom stereocenters. The Labute approximate surface area is 174 Å². The number of nitrogens with one attached hydrogen (secondary N) is 2. The van der Waals surface area contributed by atoms with E-state index in [1.807, 2.05) is 19.9 Å². The Kier molecular flexibility index (Phi) is 5.11. The molecule has 2 N–H and O–H groups in total. The maximum Gasteiger partial charge on any atom is 0.261 e. The quantitative estimate of drug-likeness (QED) is 0.671. The third kappa shape index (κ3) is 3.82. The van der Waals surface area contributed by atoms with Gasteiger partial charge in [-0.05, 0) is 68.1 Å². The molecule has 1 amide bonds. The van der Waals surface area contributed by atoms with Crippen molar-refractivity contribution in [2.24, 2.45) is 0 Å². The molecule has 0 radical (unpaired) electrons. The number of nitrogens with zero attached hydrogens (tertiary/aromatic N) is 1. The van der Waals surface area contributed by atoms with Gasteiger partial charge in [-0.3, -0.25) is 14.3 Å². The number of hydrogen-bond donors (Lipinski definition) is 2.